The van der Waals surface area contributed by atoms with Crippen molar-refractivity contribution in [3.63, 3.8) is 0 Å². The van der Waals surface area contributed by atoms with E-state index in [1.165, 1.54) is 7.11 Å². The maximum Gasteiger partial charge on any atom is 0.356 e. The molecule has 0 radical (unpaired) electrons. The molecule has 0 aliphatic heterocycles. The number of nitrogens with one attached hydrogen (secondary N) is 2. The molecule has 0 bridgehead atoms. The van der Waals surface area contributed by atoms with Crippen LogP contribution >= 0.6 is 11.3 Å². The maximum atomic E-state index is 11.4. The second kappa shape index (κ2) is 4.36. The summed E-state index contributed by atoms with van der Waals surface area (Å²) in [5.74, 6) is -0.537. The van der Waals surface area contributed by atoms with E-state index >= 15 is 0 Å². The first kappa shape index (κ1) is 10.7. The lowest BCUT2D eigenvalue weighted by Gasteiger charge is -1.99. The molecule has 5 nitrogen and oxygen atoms in total. The van der Waals surface area contributed by atoms with Crippen LogP contribution in [0.15, 0.2) is 22.3 Å². The van der Waals surface area contributed by atoms with Gasteiger partial charge in [-0.05, 0) is 11.4 Å². The largest absolute Gasteiger partial charge is 0.464 e. The smallest absolute Gasteiger partial charge is 0.356 e. The zero-order valence-corrected chi connectivity index (χ0v) is 9.39. The molecule has 2 N–H and O–H groups in total. The lowest BCUT2D eigenvalue weighted by atomic mass is 10.2. The second-order valence-electron chi connectivity index (χ2n) is 3.18. The van der Waals surface area contributed by atoms with E-state index in [0.717, 1.165) is 4.88 Å². The number of aromatic nitrogens is 2. The Morgan fingerprint density at radius 2 is 2.31 bits per heavy atom. The summed E-state index contributed by atoms with van der Waals surface area (Å²) in [6, 6.07) is 3.86. The molecule has 2 aromatic rings. The molecule has 0 amide bonds. The third kappa shape index (κ3) is 2.06. The van der Waals surface area contributed by atoms with Gasteiger partial charge in [-0.3, -0.25) is 4.98 Å². The monoisotopic (exact) mass is 238 g/mol. The van der Waals surface area contributed by atoms with E-state index in [-0.39, 0.29) is 5.69 Å². The van der Waals surface area contributed by atoms with E-state index in [2.05, 4.69) is 14.7 Å². The Balaban J connectivity index is 2.33. The van der Waals surface area contributed by atoms with Crippen molar-refractivity contribution in [2.24, 2.45) is 0 Å². The van der Waals surface area contributed by atoms with Crippen LogP contribution in [0.3, 0.4) is 0 Å². The van der Waals surface area contributed by atoms with Crippen LogP contribution in [-0.4, -0.2) is 23.0 Å². The zero-order chi connectivity index (χ0) is 11.5. The fourth-order valence-electron chi connectivity index (χ4n) is 1.42. The maximum absolute atomic E-state index is 11.4. The normalized spacial score (nSPS) is 10.3. The molecule has 2 aromatic heterocycles. The standard InChI is InChI=1S/C10H10N2O3S/c1-15-9(13)8-7(11-10(14)12-8)5-6-3-2-4-16-6/h2-4H,5H2,1H3,(H2,11,12,14). The van der Waals surface area contributed by atoms with Crippen molar-refractivity contribution in [2.75, 3.05) is 7.11 Å². The number of imidazole rings is 1. The Hall–Kier alpha value is -1.82. The highest BCUT2D eigenvalue weighted by Gasteiger charge is 2.16. The summed E-state index contributed by atoms with van der Waals surface area (Å²) in [6.07, 6.45) is 0.515. The molecular weight excluding hydrogens is 228 g/mol. The third-order valence-electron chi connectivity index (χ3n) is 2.13. The van der Waals surface area contributed by atoms with Crippen LogP contribution in [0.1, 0.15) is 21.1 Å². The summed E-state index contributed by atoms with van der Waals surface area (Å²) in [7, 11) is 1.28. The second-order valence-corrected chi connectivity index (χ2v) is 4.21. The Kier molecular flexibility index (Phi) is 2.91. The molecule has 0 aliphatic carbocycles. The molecule has 0 saturated carbocycles. The van der Waals surface area contributed by atoms with Gasteiger partial charge in [0.25, 0.3) is 0 Å². The first-order valence-corrected chi connectivity index (χ1v) is 5.50. The van der Waals surface area contributed by atoms with Crippen molar-refractivity contribution in [2.45, 2.75) is 6.42 Å². The molecular formula is C10H10N2O3S. The third-order valence-corrected chi connectivity index (χ3v) is 3.00. The SMILES string of the molecule is COC(=O)c1[nH]c(=O)[nH]c1Cc1cccs1. The first-order chi connectivity index (χ1) is 7.70. The molecule has 0 aromatic carbocycles. The summed E-state index contributed by atoms with van der Waals surface area (Å²) in [5, 5.41) is 1.94. The van der Waals surface area contributed by atoms with Gasteiger partial charge >= 0.3 is 11.7 Å². The predicted molar refractivity (Wildman–Crippen MR) is 59.9 cm³/mol. The molecule has 6 heteroatoms. The number of hydrogen-bond acceptors (Lipinski definition) is 4. The first-order valence-electron chi connectivity index (χ1n) is 4.62. The number of carbonyl (C=O) groups is 1. The number of H-pyrrole nitrogens is 2. The van der Waals surface area contributed by atoms with Gasteiger partial charge in [-0.25, -0.2) is 9.59 Å². The number of hydrogen-bond donors (Lipinski definition) is 2. The van der Waals surface area contributed by atoms with Gasteiger partial charge in [-0.2, -0.15) is 0 Å². The topological polar surface area (TPSA) is 75.0 Å². The van der Waals surface area contributed by atoms with Gasteiger partial charge < -0.3 is 9.72 Å². The van der Waals surface area contributed by atoms with Crippen LogP contribution in [0, 0.1) is 0 Å². The van der Waals surface area contributed by atoms with Crippen molar-refractivity contribution < 1.29 is 9.53 Å². The van der Waals surface area contributed by atoms with Crippen molar-refractivity contribution in [1.29, 1.82) is 0 Å². The number of rotatable bonds is 3. The van der Waals surface area contributed by atoms with Gasteiger partial charge in [0.2, 0.25) is 0 Å². The summed E-state index contributed by atoms with van der Waals surface area (Å²) in [4.78, 5) is 28.6. The van der Waals surface area contributed by atoms with Gasteiger partial charge in [0.05, 0.1) is 12.8 Å². The molecule has 84 valence electrons. The van der Waals surface area contributed by atoms with Gasteiger partial charge in [-0.15, -0.1) is 11.3 Å². The van der Waals surface area contributed by atoms with Crippen LogP contribution < -0.4 is 5.69 Å². The van der Waals surface area contributed by atoms with Crippen LogP contribution in [0.25, 0.3) is 0 Å². The van der Waals surface area contributed by atoms with E-state index < -0.39 is 11.7 Å². The van der Waals surface area contributed by atoms with E-state index in [0.29, 0.717) is 12.1 Å². The Bertz CT molecular complexity index is 539. The molecule has 2 rings (SSSR count). The average molecular weight is 238 g/mol. The lowest BCUT2D eigenvalue weighted by molar-refractivity contribution is 0.0593. The average Bonchev–Trinajstić information content (AvgIpc) is 2.88. The van der Waals surface area contributed by atoms with Crippen molar-refractivity contribution >= 4 is 17.3 Å². The number of methoxy groups -OCH3 is 1. The van der Waals surface area contributed by atoms with Crippen LogP contribution in [0.4, 0.5) is 0 Å². The summed E-state index contributed by atoms with van der Waals surface area (Å²) in [6.45, 7) is 0. The molecule has 0 aliphatic rings. The lowest BCUT2D eigenvalue weighted by Crippen LogP contribution is -2.07. The number of aromatic amines is 2. The van der Waals surface area contributed by atoms with E-state index in [1.54, 1.807) is 11.3 Å². The summed E-state index contributed by atoms with van der Waals surface area (Å²) >= 11 is 1.57. The molecule has 0 saturated heterocycles. The fourth-order valence-corrected chi connectivity index (χ4v) is 2.13. The number of ether oxygens (including phenoxy) is 1. The molecule has 0 spiro atoms. The highest BCUT2D eigenvalue weighted by molar-refractivity contribution is 7.09. The molecule has 0 atom stereocenters. The van der Waals surface area contributed by atoms with Crippen LogP contribution in [-0.2, 0) is 11.2 Å². The van der Waals surface area contributed by atoms with Crippen LogP contribution in [0.5, 0.6) is 0 Å². The van der Waals surface area contributed by atoms with Crippen molar-refractivity contribution in [3.05, 3.63) is 44.3 Å². The number of carbonyl (C=O) groups excluding carboxylic acids is 1. The Morgan fingerprint density at radius 3 is 2.94 bits per heavy atom. The van der Waals surface area contributed by atoms with Gasteiger partial charge in [-0.1, -0.05) is 6.07 Å². The molecule has 0 fully saturated rings. The highest BCUT2D eigenvalue weighted by Crippen LogP contribution is 2.15. The Labute approximate surface area is 95.1 Å². The number of thiophene rings is 1. The fraction of sp³-hybridized carbons (Fsp3) is 0.200. The van der Waals surface area contributed by atoms with Crippen molar-refractivity contribution in [1.82, 2.24) is 9.97 Å². The minimum absolute atomic E-state index is 0.195. The van der Waals surface area contributed by atoms with E-state index in [1.807, 2.05) is 17.5 Å². The van der Waals surface area contributed by atoms with Gasteiger partial charge in [0.15, 0.2) is 0 Å². The van der Waals surface area contributed by atoms with Crippen LogP contribution in [0.2, 0.25) is 0 Å². The summed E-state index contributed by atoms with van der Waals surface area (Å²) in [5.41, 5.74) is 0.354. The van der Waals surface area contributed by atoms with Gasteiger partial charge in [0.1, 0.15) is 5.69 Å². The van der Waals surface area contributed by atoms with E-state index in [9.17, 15) is 9.59 Å². The highest BCUT2D eigenvalue weighted by atomic mass is 32.1. The summed E-state index contributed by atoms with van der Waals surface area (Å²) < 4.78 is 4.58. The predicted octanol–water partition coefficient (Wildman–Crippen LogP) is 1.14. The number of esters is 1. The minimum Gasteiger partial charge on any atom is -0.464 e. The van der Waals surface area contributed by atoms with Gasteiger partial charge in [0, 0.05) is 11.3 Å². The Morgan fingerprint density at radius 1 is 1.50 bits per heavy atom. The molecule has 0 unspecified atom stereocenters. The van der Waals surface area contributed by atoms with Crippen molar-refractivity contribution in [3.8, 4) is 0 Å². The van der Waals surface area contributed by atoms with E-state index in [4.69, 9.17) is 0 Å². The zero-order valence-electron chi connectivity index (χ0n) is 8.57. The molecule has 16 heavy (non-hydrogen) atoms. The molecule has 2 heterocycles. The minimum atomic E-state index is -0.537. The quantitative estimate of drug-likeness (QED) is 0.787.